The van der Waals surface area contributed by atoms with Crippen LogP contribution in [0.5, 0.6) is 0 Å². The van der Waals surface area contributed by atoms with Gasteiger partial charge in [0.25, 0.3) is 0 Å². The Hall–Kier alpha value is -1.99. The summed E-state index contributed by atoms with van der Waals surface area (Å²) < 4.78 is 48.7. The molecule has 2 aromatic carbocycles. The van der Waals surface area contributed by atoms with Crippen LogP contribution in [-0.4, -0.2) is 34.7 Å². The first-order chi connectivity index (χ1) is 16.5. The molecular weight excluding hydrogens is 467 g/mol. The molecule has 2 aromatic rings. The third kappa shape index (κ3) is 6.82. The fourth-order valence-corrected chi connectivity index (χ4v) is 4.87. The number of hydrogen-bond acceptors (Lipinski definition) is 6. The van der Waals surface area contributed by atoms with Crippen LogP contribution in [0.25, 0.3) is 0 Å². The van der Waals surface area contributed by atoms with E-state index in [1.165, 1.54) is 12.1 Å². The van der Waals surface area contributed by atoms with Crippen LogP contribution in [0.4, 0.5) is 4.39 Å². The maximum absolute atomic E-state index is 14.3. The lowest BCUT2D eigenvalue weighted by Gasteiger charge is -2.40. The van der Waals surface area contributed by atoms with Crippen molar-refractivity contribution < 1.29 is 23.2 Å². The van der Waals surface area contributed by atoms with Crippen molar-refractivity contribution in [1.82, 2.24) is 4.72 Å². The Labute approximate surface area is 211 Å². The molecule has 6 nitrogen and oxygen atoms in total. The summed E-state index contributed by atoms with van der Waals surface area (Å²) in [5, 5.41) is 9.94. The minimum atomic E-state index is -1.43. The number of nitrogens with zero attached hydrogens (tertiary/aromatic N) is 1. The topological polar surface area (TPSA) is 86.6 Å². The van der Waals surface area contributed by atoms with Crippen molar-refractivity contribution in [2.75, 3.05) is 13.2 Å². The van der Waals surface area contributed by atoms with E-state index in [1.807, 2.05) is 51.1 Å². The molecule has 3 rings (SSSR count). The van der Waals surface area contributed by atoms with E-state index >= 15 is 0 Å². The first-order valence-electron chi connectivity index (χ1n) is 11.8. The Kier molecular flexibility index (Phi) is 8.97. The quantitative estimate of drug-likeness (QED) is 0.462. The number of rotatable bonds is 10. The molecule has 1 aliphatic heterocycles. The molecule has 1 N–H and O–H groups in total. The highest BCUT2D eigenvalue weighted by atomic mass is 32.2. The first kappa shape index (κ1) is 27.6. The highest BCUT2D eigenvalue weighted by Gasteiger charge is 2.50. The van der Waals surface area contributed by atoms with Gasteiger partial charge >= 0.3 is 0 Å². The Bertz CT molecular complexity index is 1000. The molecule has 1 saturated heterocycles. The van der Waals surface area contributed by atoms with E-state index in [2.05, 4.69) is 10.8 Å². The van der Waals surface area contributed by atoms with E-state index in [9.17, 15) is 14.2 Å². The second kappa shape index (κ2) is 11.4. The molecule has 0 aromatic heterocycles. The summed E-state index contributed by atoms with van der Waals surface area (Å²) in [6, 6.07) is 17.6. The molecular formula is C27H35FN2O4S. The fraction of sp³-hybridized carbons (Fsp3) is 0.519. The van der Waals surface area contributed by atoms with Gasteiger partial charge in [-0.15, -0.1) is 4.72 Å². The Morgan fingerprint density at radius 1 is 1.11 bits per heavy atom. The van der Waals surface area contributed by atoms with E-state index in [4.69, 9.17) is 14.2 Å². The SMILES string of the molecule is CC(C)(C#N)C(CC(OCc1ccccc1)C1(c2cccc(F)c2)OCCO1)N[S@@+]([O-])C(C)(C)C. The molecule has 0 bridgehead atoms. The van der Waals surface area contributed by atoms with E-state index < -0.39 is 45.3 Å². The van der Waals surface area contributed by atoms with E-state index in [-0.39, 0.29) is 13.0 Å². The van der Waals surface area contributed by atoms with Crippen LogP contribution in [-0.2, 0) is 38.0 Å². The molecule has 0 saturated carbocycles. The fourth-order valence-electron chi connectivity index (χ4n) is 3.86. The van der Waals surface area contributed by atoms with Gasteiger partial charge in [0, 0.05) is 23.3 Å². The molecule has 0 aliphatic carbocycles. The maximum atomic E-state index is 14.3. The van der Waals surface area contributed by atoms with Gasteiger partial charge in [-0.1, -0.05) is 42.5 Å². The summed E-state index contributed by atoms with van der Waals surface area (Å²) in [5.41, 5.74) is 0.558. The number of benzene rings is 2. The second-order valence-electron chi connectivity index (χ2n) is 10.3. The van der Waals surface area contributed by atoms with Gasteiger partial charge in [-0.2, -0.15) is 5.26 Å². The minimum Gasteiger partial charge on any atom is -0.598 e. The lowest BCUT2D eigenvalue weighted by atomic mass is 9.81. The molecule has 0 amide bonds. The zero-order valence-corrected chi connectivity index (χ0v) is 21.9. The standard InChI is InChI=1S/C27H35FN2O4S/c1-25(2,3)35(31)30-23(26(4,5)19-29)17-24(32-18-20-10-7-6-8-11-20)27(33-14-15-34-27)21-12-9-13-22(28)16-21/h6-13,16,23-24,30H,14-15,17-18H2,1-5H3/t23?,24?,35-/m0/s1. The molecule has 1 heterocycles. The summed E-state index contributed by atoms with van der Waals surface area (Å²) in [6.07, 6.45) is -0.486. The summed E-state index contributed by atoms with van der Waals surface area (Å²) in [7, 11) is 0. The van der Waals surface area contributed by atoms with Gasteiger partial charge in [0.15, 0.2) is 0 Å². The molecule has 35 heavy (non-hydrogen) atoms. The van der Waals surface area contributed by atoms with Gasteiger partial charge < -0.3 is 18.8 Å². The van der Waals surface area contributed by atoms with E-state index in [0.29, 0.717) is 18.8 Å². The third-order valence-corrected chi connectivity index (χ3v) is 7.69. The number of nitriles is 1. The molecule has 8 heteroatoms. The molecule has 3 atom stereocenters. The zero-order chi connectivity index (χ0) is 25.7. The van der Waals surface area contributed by atoms with Crippen LogP contribution in [0.3, 0.4) is 0 Å². The summed E-state index contributed by atoms with van der Waals surface area (Å²) in [5.74, 6) is -1.78. The Balaban J connectivity index is 2.01. The van der Waals surface area contributed by atoms with Crippen molar-refractivity contribution in [3.8, 4) is 6.07 Å². The monoisotopic (exact) mass is 502 g/mol. The Morgan fingerprint density at radius 2 is 1.77 bits per heavy atom. The molecule has 0 radical (unpaired) electrons. The van der Waals surface area contributed by atoms with Crippen LogP contribution in [0.2, 0.25) is 0 Å². The highest BCUT2D eigenvalue weighted by Crippen LogP contribution is 2.41. The molecule has 1 fully saturated rings. The smallest absolute Gasteiger partial charge is 0.222 e. The van der Waals surface area contributed by atoms with Gasteiger partial charge in [0.05, 0.1) is 37.3 Å². The van der Waals surface area contributed by atoms with Gasteiger partial charge in [-0.25, -0.2) is 4.39 Å². The van der Waals surface area contributed by atoms with Crippen molar-refractivity contribution in [1.29, 1.82) is 5.26 Å². The third-order valence-electron chi connectivity index (χ3n) is 6.08. The van der Waals surface area contributed by atoms with Gasteiger partial charge in [0.1, 0.15) is 16.7 Å². The Morgan fingerprint density at radius 3 is 2.34 bits per heavy atom. The molecule has 190 valence electrons. The van der Waals surface area contributed by atoms with Crippen molar-refractivity contribution in [2.45, 2.75) is 70.3 Å². The number of hydrogen-bond donors (Lipinski definition) is 1. The van der Waals surface area contributed by atoms with Crippen LogP contribution in [0.1, 0.15) is 52.2 Å². The summed E-state index contributed by atoms with van der Waals surface area (Å²) in [6.45, 7) is 10.1. The number of halogens is 1. The minimum absolute atomic E-state index is 0.242. The number of ether oxygens (including phenoxy) is 3. The van der Waals surface area contributed by atoms with Crippen LogP contribution >= 0.6 is 0 Å². The zero-order valence-electron chi connectivity index (χ0n) is 21.0. The average molecular weight is 503 g/mol. The van der Waals surface area contributed by atoms with Crippen molar-refractivity contribution >= 4 is 11.4 Å². The first-order valence-corrected chi connectivity index (χ1v) is 12.9. The van der Waals surface area contributed by atoms with Crippen LogP contribution in [0, 0.1) is 22.6 Å². The molecule has 1 aliphatic rings. The normalized spacial score (nSPS) is 18.6. The van der Waals surface area contributed by atoms with Crippen molar-refractivity contribution in [3.05, 3.63) is 71.5 Å². The van der Waals surface area contributed by atoms with Crippen LogP contribution in [0.15, 0.2) is 54.6 Å². The second-order valence-corrected chi connectivity index (χ2v) is 12.3. The van der Waals surface area contributed by atoms with Crippen molar-refractivity contribution in [2.24, 2.45) is 5.41 Å². The highest BCUT2D eigenvalue weighted by molar-refractivity contribution is 7.90. The summed E-state index contributed by atoms with van der Waals surface area (Å²) in [4.78, 5) is 0. The van der Waals surface area contributed by atoms with E-state index in [1.54, 1.807) is 26.0 Å². The summed E-state index contributed by atoms with van der Waals surface area (Å²) >= 11 is -1.43. The van der Waals surface area contributed by atoms with E-state index in [0.717, 1.165) is 5.56 Å². The van der Waals surface area contributed by atoms with Crippen molar-refractivity contribution in [3.63, 3.8) is 0 Å². The lowest BCUT2D eigenvalue weighted by molar-refractivity contribution is -0.249. The molecule has 2 unspecified atom stereocenters. The number of nitrogens with one attached hydrogen (secondary N) is 1. The average Bonchev–Trinajstić information content (AvgIpc) is 3.32. The van der Waals surface area contributed by atoms with Gasteiger partial charge in [0.2, 0.25) is 5.79 Å². The largest absolute Gasteiger partial charge is 0.598 e. The van der Waals surface area contributed by atoms with Crippen LogP contribution < -0.4 is 4.72 Å². The lowest BCUT2D eigenvalue weighted by Crippen LogP contribution is -2.54. The predicted octanol–water partition coefficient (Wildman–Crippen LogP) is 4.97. The maximum Gasteiger partial charge on any atom is 0.222 e. The van der Waals surface area contributed by atoms with Gasteiger partial charge in [-0.3, -0.25) is 0 Å². The molecule has 0 spiro atoms. The van der Waals surface area contributed by atoms with Gasteiger partial charge in [-0.05, 0) is 52.3 Å². The predicted molar refractivity (Wildman–Crippen MR) is 134 cm³/mol.